The Hall–Kier alpha value is -1.08. The number of methoxy groups -OCH3 is 1. The van der Waals surface area contributed by atoms with Crippen LogP contribution in [-0.4, -0.2) is 25.2 Å². The topological polar surface area (TPSA) is 38.3 Å². The lowest BCUT2D eigenvalue weighted by Gasteiger charge is -2.34. The van der Waals surface area contributed by atoms with Crippen molar-refractivity contribution in [3.05, 3.63) is 33.8 Å². The highest BCUT2D eigenvalue weighted by molar-refractivity contribution is 9.10. The molecule has 0 aliphatic heterocycles. The first-order chi connectivity index (χ1) is 9.31. The Labute approximate surface area is 122 Å². The Balaban J connectivity index is 2.09. The average molecular weight is 352 g/mol. The first-order valence-corrected chi connectivity index (χ1v) is 6.81. The van der Waals surface area contributed by atoms with Crippen LogP contribution in [0.3, 0.4) is 0 Å². The number of rotatable bonds is 3. The fourth-order valence-corrected chi connectivity index (χ4v) is 2.44. The minimum Gasteiger partial charge on any atom is -0.381 e. The molecule has 1 saturated carbocycles. The second-order valence-corrected chi connectivity index (χ2v) is 5.55. The number of carbonyl (C=O) groups is 1. The molecule has 0 spiro atoms. The Morgan fingerprint density at radius 3 is 2.60 bits per heavy atom. The van der Waals surface area contributed by atoms with E-state index in [2.05, 4.69) is 21.2 Å². The maximum atomic E-state index is 12.6. The van der Waals surface area contributed by atoms with Crippen LogP contribution < -0.4 is 5.32 Å². The van der Waals surface area contributed by atoms with Crippen molar-refractivity contribution in [2.24, 2.45) is 0 Å². The van der Waals surface area contributed by atoms with Gasteiger partial charge < -0.3 is 10.1 Å². The van der Waals surface area contributed by atoms with E-state index in [4.69, 9.17) is 4.74 Å². The van der Waals surface area contributed by atoms with Crippen molar-refractivity contribution in [3.8, 4) is 0 Å². The molecule has 1 aromatic rings. The number of benzene rings is 1. The Kier molecular flexibility index (Phi) is 4.39. The number of carbonyl (C=O) groups excluding carboxylic acids is 1. The quantitative estimate of drug-likeness (QED) is 0.906. The molecule has 0 heterocycles. The van der Waals surface area contributed by atoms with E-state index in [1.54, 1.807) is 7.11 Å². The van der Waals surface area contributed by atoms with Gasteiger partial charge in [0.1, 0.15) is 0 Å². The zero-order valence-corrected chi connectivity index (χ0v) is 12.2. The molecule has 0 unspecified atom stereocenters. The molecule has 7 heteroatoms. The third-order valence-corrected chi connectivity index (χ3v) is 3.99. The number of alkyl halides is 3. The summed E-state index contributed by atoms with van der Waals surface area (Å²) in [4.78, 5) is 12.0. The lowest BCUT2D eigenvalue weighted by Crippen LogP contribution is -2.47. The third-order valence-electron chi connectivity index (χ3n) is 3.30. The predicted octanol–water partition coefficient (Wildman–Crippen LogP) is 3.38. The smallest absolute Gasteiger partial charge is 0.381 e. The number of hydrogen-bond donors (Lipinski definition) is 1. The van der Waals surface area contributed by atoms with Crippen molar-refractivity contribution in [2.45, 2.75) is 31.2 Å². The highest BCUT2D eigenvalue weighted by atomic mass is 79.9. The SMILES string of the molecule is COC1CC(NC(=O)c2cc(C(F)(F)F)ccc2Br)C1. The highest BCUT2D eigenvalue weighted by Gasteiger charge is 2.33. The minimum absolute atomic E-state index is 0.0132. The Morgan fingerprint density at radius 1 is 1.40 bits per heavy atom. The van der Waals surface area contributed by atoms with E-state index in [1.165, 1.54) is 6.07 Å². The highest BCUT2D eigenvalue weighted by Crippen LogP contribution is 2.32. The number of nitrogens with one attached hydrogen (secondary N) is 1. The molecule has 3 nitrogen and oxygen atoms in total. The van der Waals surface area contributed by atoms with Crippen molar-refractivity contribution in [1.82, 2.24) is 5.32 Å². The molecule has 1 aliphatic rings. The van der Waals surface area contributed by atoms with Gasteiger partial charge in [-0.2, -0.15) is 13.2 Å². The molecule has 1 amide bonds. The van der Waals surface area contributed by atoms with Gasteiger partial charge in [-0.1, -0.05) is 0 Å². The summed E-state index contributed by atoms with van der Waals surface area (Å²) in [6, 6.07) is 2.97. The van der Waals surface area contributed by atoms with Crippen LogP contribution in [0, 0.1) is 0 Å². The van der Waals surface area contributed by atoms with Gasteiger partial charge in [0.25, 0.3) is 5.91 Å². The van der Waals surface area contributed by atoms with Crippen LogP contribution in [0.15, 0.2) is 22.7 Å². The summed E-state index contributed by atoms with van der Waals surface area (Å²) in [6.45, 7) is 0. The normalized spacial score (nSPS) is 22.2. The van der Waals surface area contributed by atoms with Crippen molar-refractivity contribution in [1.29, 1.82) is 0 Å². The first-order valence-electron chi connectivity index (χ1n) is 6.01. The van der Waals surface area contributed by atoms with Crippen LogP contribution >= 0.6 is 15.9 Å². The lowest BCUT2D eigenvalue weighted by molar-refractivity contribution is -0.137. The zero-order chi connectivity index (χ0) is 14.9. The van der Waals surface area contributed by atoms with E-state index in [0.29, 0.717) is 17.3 Å². The van der Waals surface area contributed by atoms with Crippen molar-refractivity contribution >= 4 is 21.8 Å². The summed E-state index contributed by atoms with van der Waals surface area (Å²) in [5.74, 6) is -0.512. The molecule has 0 aromatic heterocycles. The summed E-state index contributed by atoms with van der Waals surface area (Å²) in [5, 5.41) is 2.70. The summed E-state index contributed by atoms with van der Waals surface area (Å²) < 4.78 is 43.3. The van der Waals surface area contributed by atoms with Gasteiger partial charge in [0.15, 0.2) is 0 Å². The monoisotopic (exact) mass is 351 g/mol. The standard InChI is InChI=1S/C13H13BrF3NO2/c1-20-9-5-8(6-9)18-12(19)10-4-7(13(15,16)17)2-3-11(10)14/h2-4,8-9H,5-6H2,1H3,(H,18,19). The van der Waals surface area contributed by atoms with Gasteiger partial charge in [0.2, 0.25) is 0 Å². The molecular formula is C13H13BrF3NO2. The fraction of sp³-hybridized carbons (Fsp3) is 0.462. The van der Waals surface area contributed by atoms with Crippen LogP contribution in [0.4, 0.5) is 13.2 Å². The van der Waals surface area contributed by atoms with E-state index in [1.807, 2.05) is 0 Å². The van der Waals surface area contributed by atoms with Gasteiger partial charge in [-0.25, -0.2) is 0 Å². The maximum absolute atomic E-state index is 12.6. The molecule has 20 heavy (non-hydrogen) atoms. The molecule has 1 aliphatic carbocycles. The van der Waals surface area contributed by atoms with E-state index < -0.39 is 17.6 Å². The predicted molar refractivity (Wildman–Crippen MR) is 70.4 cm³/mol. The van der Waals surface area contributed by atoms with Crippen LogP contribution in [0.1, 0.15) is 28.8 Å². The van der Waals surface area contributed by atoms with Gasteiger partial charge in [0, 0.05) is 17.6 Å². The minimum atomic E-state index is -4.46. The molecule has 0 radical (unpaired) electrons. The van der Waals surface area contributed by atoms with Gasteiger partial charge >= 0.3 is 6.18 Å². The summed E-state index contributed by atoms with van der Waals surface area (Å²) >= 11 is 3.10. The Bertz CT molecular complexity index is 513. The number of amides is 1. The molecule has 0 atom stereocenters. The summed E-state index contributed by atoms with van der Waals surface area (Å²) in [6.07, 6.45) is -2.99. The van der Waals surface area contributed by atoms with Gasteiger partial charge in [-0.15, -0.1) is 0 Å². The zero-order valence-electron chi connectivity index (χ0n) is 10.6. The van der Waals surface area contributed by atoms with Crippen molar-refractivity contribution < 1.29 is 22.7 Å². The van der Waals surface area contributed by atoms with Crippen LogP contribution in [0.25, 0.3) is 0 Å². The molecule has 0 saturated heterocycles. The van der Waals surface area contributed by atoms with Crippen molar-refractivity contribution in [3.63, 3.8) is 0 Å². The molecule has 1 N–H and O–H groups in total. The molecule has 1 fully saturated rings. The summed E-state index contributed by atoms with van der Waals surface area (Å²) in [7, 11) is 1.59. The van der Waals surface area contributed by atoms with Crippen molar-refractivity contribution in [2.75, 3.05) is 7.11 Å². The first kappa shape index (κ1) is 15.3. The van der Waals surface area contributed by atoms with E-state index >= 15 is 0 Å². The van der Waals surface area contributed by atoms with Gasteiger partial charge in [0.05, 0.1) is 17.2 Å². The van der Waals surface area contributed by atoms with Crippen LogP contribution in [0.5, 0.6) is 0 Å². The van der Waals surface area contributed by atoms with Gasteiger partial charge in [-0.05, 0) is 47.0 Å². The molecule has 110 valence electrons. The molecule has 0 bridgehead atoms. The van der Waals surface area contributed by atoms with E-state index in [9.17, 15) is 18.0 Å². The average Bonchev–Trinajstić information content (AvgIpc) is 2.31. The summed E-state index contributed by atoms with van der Waals surface area (Å²) in [5.41, 5.74) is -0.852. The van der Waals surface area contributed by atoms with Crippen LogP contribution in [0.2, 0.25) is 0 Å². The van der Waals surface area contributed by atoms with E-state index in [0.717, 1.165) is 12.1 Å². The fourth-order valence-electron chi connectivity index (χ4n) is 2.01. The second-order valence-electron chi connectivity index (χ2n) is 4.69. The molecule has 2 rings (SSSR count). The van der Waals surface area contributed by atoms with Crippen LogP contribution in [-0.2, 0) is 10.9 Å². The maximum Gasteiger partial charge on any atom is 0.416 e. The second kappa shape index (κ2) is 5.73. The number of hydrogen-bond acceptors (Lipinski definition) is 2. The molecule has 1 aromatic carbocycles. The third kappa shape index (κ3) is 3.32. The van der Waals surface area contributed by atoms with Gasteiger partial charge in [-0.3, -0.25) is 4.79 Å². The largest absolute Gasteiger partial charge is 0.416 e. The van der Waals surface area contributed by atoms with E-state index in [-0.39, 0.29) is 17.7 Å². The number of ether oxygens (including phenoxy) is 1. The number of halogens is 4. The molecular weight excluding hydrogens is 339 g/mol. The Morgan fingerprint density at radius 2 is 2.05 bits per heavy atom. The lowest BCUT2D eigenvalue weighted by atomic mass is 9.89.